The number of amides is 1. The van der Waals surface area contributed by atoms with Gasteiger partial charge in [0.15, 0.2) is 0 Å². The van der Waals surface area contributed by atoms with Crippen molar-refractivity contribution in [2.45, 2.75) is 18.6 Å². The molecule has 2 rings (SSSR count). The molecule has 16 heavy (non-hydrogen) atoms. The summed E-state index contributed by atoms with van der Waals surface area (Å²) < 4.78 is 4.76. The molecule has 0 radical (unpaired) electrons. The highest BCUT2D eigenvalue weighted by atomic mass is 16.4. The Balaban J connectivity index is 2.20. The summed E-state index contributed by atoms with van der Waals surface area (Å²) >= 11 is 0. The Kier molecular flexibility index (Phi) is 2.66. The molecule has 86 valence electrons. The van der Waals surface area contributed by atoms with E-state index in [-0.39, 0.29) is 13.0 Å². The maximum Gasteiger partial charge on any atom is 0.326 e. The normalized spacial score (nSPS) is 24.7. The number of furan rings is 1. The fourth-order valence-electron chi connectivity index (χ4n) is 1.82. The van der Waals surface area contributed by atoms with Crippen LogP contribution in [0.25, 0.3) is 0 Å². The fourth-order valence-corrected chi connectivity index (χ4v) is 1.82. The Morgan fingerprint density at radius 2 is 2.25 bits per heavy atom. The average Bonchev–Trinajstić information content (AvgIpc) is 2.84. The summed E-state index contributed by atoms with van der Waals surface area (Å²) in [6, 6.07) is 0.503. The summed E-state index contributed by atoms with van der Waals surface area (Å²) in [5.41, 5.74) is 0.292. The number of aliphatic carboxylic acids is 1. The van der Waals surface area contributed by atoms with Crippen molar-refractivity contribution in [2.24, 2.45) is 0 Å². The molecule has 1 amide bonds. The summed E-state index contributed by atoms with van der Waals surface area (Å²) in [5.74, 6) is -1.54. The zero-order valence-electron chi connectivity index (χ0n) is 8.37. The van der Waals surface area contributed by atoms with Gasteiger partial charge >= 0.3 is 5.97 Å². The van der Waals surface area contributed by atoms with E-state index in [1.54, 1.807) is 0 Å². The topological polar surface area (TPSA) is 91.0 Å². The summed E-state index contributed by atoms with van der Waals surface area (Å²) in [5, 5.41) is 18.3. The molecule has 2 heterocycles. The zero-order chi connectivity index (χ0) is 11.7. The second-order valence-electron chi connectivity index (χ2n) is 3.71. The molecule has 2 atom stereocenters. The lowest BCUT2D eigenvalue weighted by atomic mass is 10.2. The van der Waals surface area contributed by atoms with Crippen LogP contribution in [0.3, 0.4) is 0 Å². The van der Waals surface area contributed by atoms with E-state index < -0.39 is 24.0 Å². The van der Waals surface area contributed by atoms with Crippen molar-refractivity contribution in [3.05, 3.63) is 24.2 Å². The maximum absolute atomic E-state index is 11.9. The lowest BCUT2D eigenvalue weighted by Gasteiger charge is -2.20. The third kappa shape index (κ3) is 1.79. The lowest BCUT2D eigenvalue weighted by molar-refractivity contribution is -0.141. The minimum absolute atomic E-state index is 0.0426. The van der Waals surface area contributed by atoms with Gasteiger partial charge < -0.3 is 19.5 Å². The number of carboxylic acids is 1. The number of β-amino-alcohol motifs (C(OH)–C–C–N with tert-alkyl or cyclic N) is 1. The Labute approximate surface area is 91.1 Å². The molecule has 1 saturated heterocycles. The monoisotopic (exact) mass is 225 g/mol. The highest BCUT2D eigenvalue weighted by Gasteiger charge is 2.39. The first kappa shape index (κ1) is 10.7. The van der Waals surface area contributed by atoms with Gasteiger partial charge in [-0.15, -0.1) is 0 Å². The van der Waals surface area contributed by atoms with Gasteiger partial charge in [0, 0.05) is 13.0 Å². The molecule has 1 unspecified atom stereocenters. The van der Waals surface area contributed by atoms with Crippen LogP contribution in [0.4, 0.5) is 0 Å². The van der Waals surface area contributed by atoms with Crippen molar-refractivity contribution in [1.82, 2.24) is 4.90 Å². The van der Waals surface area contributed by atoms with Crippen LogP contribution in [0.2, 0.25) is 0 Å². The lowest BCUT2D eigenvalue weighted by Crippen LogP contribution is -2.40. The van der Waals surface area contributed by atoms with E-state index in [1.807, 2.05) is 0 Å². The number of nitrogens with zero attached hydrogens (tertiary/aromatic N) is 1. The highest BCUT2D eigenvalue weighted by molar-refractivity contribution is 5.96. The number of carboxylic acid groups (broad SMARTS) is 1. The van der Waals surface area contributed by atoms with Crippen LogP contribution in [0.15, 0.2) is 23.0 Å². The van der Waals surface area contributed by atoms with E-state index >= 15 is 0 Å². The molecule has 1 fully saturated rings. The van der Waals surface area contributed by atoms with Crippen molar-refractivity contribution < 1.29 is 24.2 Å². The van der Waals surface area contributed by atoms with Crippen LogP contribution in [-0.4, -0.2) is 45.7 Å². The van der Waals surface area contributed by atoms with Crippen LogP contribution in [0, 0.1) is 0 Å². The zero-order valence-corrected chi connectivity index (χ0v) is 8.37. The van der Waals surface area contributed by atoms with Crippen LogP contribution in [0.1, 0.15) is 16.8 Å². The second-order valence-corrected chi connectivity index (χ2v) is 3.71. The third-order valence-corrected chi connectivity index (χ3v) is 2.59. The predicted octanol–water partition coefficient (Wildman–Crippen LogP) is -0.0604. The van der Waals surface area contributed by atoms with Crippen molar-refractivity contribution in [1.29, 1.82) is 0 Å². The first-order valence-corrected chi connectivity index (χ1v) is 4.83. The Morgan fingerprint density at radius 1 is 1.50 bits per heavy atom. The summed E-state index contributed by atoms with van der Waals surface area (Å²) in [6.45, 7) is 0.0426. The van der Waals surface area contributed by atoms with E-state index in [0.717, 1.165) is 4.90 Å². The summed E-state index contributed by atoms with van der Waals surface area (Å²) in [4.78, 5) is 23.9. The van der Waals surface area contributed by atoms with Crippen LogP contribution >= 0.6 is 0 Å². The number of hydrogen-bond acceptors (Lipinski definition) is 4. The van der Waals surface area contributed by atoms with Crippen molar-refractivity contribution in [3.63, 3.8) is 0 Å². The maximum atomic E-state index is 11.9. The van der Waals surface area contributed by atoms with E-state index in [1.165, 1.54) is 18.6 Å². The number of aliphatic hydroxyl groups excluding tert-OH is 1. The van der Waals surface area contributed by atoms with E-state index in [0.29, 0.717) is 5.56 Å². The Bertz CT molecular complexity index is 399. The van der Waals surface area contributed by atoms with Gasteiger partial charge in [0.2, 0.25) is 0 Å². The van der Waals surface area contributed by atoms with Crippen molar-refractivity contribution in [3.8, 4) is 0 Å². The molecular formula is C10H11NO5. The molecule has 1 aliphatic heterocycles. The Hall–Kier alpha value is -1.82. The van der Waals surface area contributed by atoms with Gasteiger partial charge in [0.25, 0.3) is 5.91 Å². The number of carbonyl (C=O) groups excluding carboxylic acids is 1. The van der Waals surface area contributed by atoms with Crippen molar-refractivity contribution in [2.75, 3.05) is 6.54 Å². The van der Waals surface area contributed by atoms with Crippen molar-refractivity contribution >= 4 is 11.9 Å². The molecule has 1 aromatic heterocycles. The van der Waals surface area contributed by atoms with Crippen LogP contribution in [0.5, 0.6) is 0 Å². The van der Waals surface area contributed by atoms with E-state index in [9.17, 15) is 14.7 Å². The predicted molar refractivity (Wildman–Crippen MR) is 51.8 cm³/mol. The Morgan fingerprint density at radius 3 is 2.81 bits per heavy atom. The molecule has 0 aromatic carbocycles. The number of likely N-dealkylation sites (tertiary alicyclic amines) is 1. The minimum atomic E-state index is -1.10. The first-order valence-electron chi connectivity index (χ1n) is 4.83. The van der Waals surface area contributed by atoms with Gasteiger partial charge in [-0.3, -0.25) is 4.79 Å². The van der Waals surface area contributed by atoms with Crippen LogP contribution in [-0.2, 0) is 4.79 Å². The molecular weight excluding hydrogens is 214 g/mol. The number of carbonyl (C=O) groups is 2. The first-order chi connectivity index (χ1) is 7.59. The van der Waals surface area contributed by atoms with Gasteiger partial charge in [-0.2, -0.15) is 0 Å². The highest BCUT2D eigenvalue weighted by Crippen LogP contribution is 2.20. The van der Waals surface area contributed by atoms with Gasteiger partial charge in [0.1, 0.15) is 12.3 Å². The quantitative estimate of drug-likeness (QED) is 0.735. The number of aliphatic hydroxyl groups is 1. The van der Waals surface area contributed by atoms with Gasteiger partial charge in [-0.1, -0.05) is 0 Å². The third-order valence-electron chi connectivity index (χ3n) is 2.59. The smallest absolute Gasteiger partial charge is 0.326 e. The summed E-state index contributed by atoms with van der Waals surface area (Å²) in [6.07, 6.45) is 1.89. The molecule has 2 N–H and O–H groups in total. The van der Waals surface area contributed by atoms with E-state index in [4.69, 9.17) is 9.52 Å². The molecule has 0 bridgehead atoms. The molecule has 6 heteroatoms. The van der Waals surface area contributed by atoms with Gasteiger partial charge in [-0.25, -0.2) is 4.79 Å². The SMILES string of the molecule is O=C(O)[C@@H]1CC(O)CN1C(=O)c1ccoc1. The standard InChI is InChI=1S/C10H11NO5/c12-7-3-8(10(14)15)11(4-7)9(13)6-1-2-16-5-6/h1-2,5,7-8,12H,3-4H2,(H,14,15)/t7?,8-/m0/s1. The molecule has 0 saturated carbocycles. The molecule has 6 nitrogen and oxygen atoms in total. The minimum Gasteiger partial charge on any atom is -0.480 e. The van der Waals surface area contributed by atoms with Crippen LogP contribution < -0.4 is 0 Å². The van der Waals surface area contributed by atoms with Gasteiger partial charge in [0.05, 0.1) is 17.9 Å². The molecule has 0 spiro atoms. The van der Waals surface area contributed by atoms with E-state index in [2.05, 4.69) is 0 Å². The number of rotatable bonds is 2. The average molecular weight is 225 g/mol. The second kappa shape index (κ2) is 3.97. The molecule has 0 aliphatic carbocycles. The molecule has 1 aliphatic rings. The largest absolute Gasteiger partial charge is 0.480 e. The van der Waals surface area contributed by atoms with Gasteiger partial charge in [-0.05, 0) is 6.07 Å². The fraction of sp³-hybridized carbons (Fsp3) is 0.400. The number of hydrogen-bond donors (Lipinski definition) is 2. The molecule has 1 aromatic rings. The summed E-state index contributed by atoms with van der Waals surface area (Å²) in [7, 11) is 0.